The summed E-state index contributed by atoms with van der Waals surface area (Å²) in [5.74, 6) is 0.801. The van der Waals surface area contributed by atoms with Crippen LogP contribution in [-0.2, 0) is 11.2 Å². The molecule has 0 aliphatic rings. The van der Waals surface area contributed by atoms with E-state index in [1.54, 1.807) is 7.11 Å². The van der Waals surface area contributed by atoms with Gasteiger partial charge in [-0.15, -0.1) is 0 Å². The van der Waals surface area contributed by atoms with Gasteiger partial charge in [-0.25, -0.2) is 0 Å². The van der Waals surface area contributed by atoms with E-state index in [1.807, 2.05) is 86.6 Å². The number of carbonyl (C=O) groups excluding carboxylic acids is 1. The van der Waals surface area contributed by atoms with Crippen LogP contribution in [0.3, 0.4) is 0 Å². The molecule has 3 rings (SSSR count). The third kappa shape index (κ3) is 5.46. The number of amides is 1. The number of anilines is 1. The van der Waals surface area contributed by atoms with Gasteiger partial charge in [-0.05, 0) is 54.7 Å². The van der Waals surface area contributed by atoms with Gasteiger partial charge >= 0.3 is 0 Å². The van der Waals surface area contributed by atoms with Crippen molar-refractivity contribution in [3.05, 3.63) is 95.1 Å². The molecule has 0 saturated carbocycles. The van der Waals surface area contributed by atoms with Crippen molar-refractivity contribution >= 4 is 11.6 Å². The lowest BCUT2D eigenvalue weighted by Crippen LogP contribution is -2.34. The van der Waals surface area contributed by atoms with Crippen LogP contribution in [0, 0.1) is 13.8 Å². The van der Waals surface area contributed by atoms with E-state index < -0.39 is 6.04 Å². The fourth-order valence-electron chi connectivity index (χ4n) is 3.34. The molecule has 0 unspecified atom stereocenters. The molecule has 0 saturated heterocycles. The minimum atomic E-state index is -0.439. The summed E-state index contributed by atoms with van der Waals surface area (Å²) in [5, 5.41) is 6.52. The van der Waals surface area contributed by atoms with E-state index in [4.69, 9.17) is 4.74 Å². The number of methoxy groups -OCH3 is 1. The smallest absolute Gasteiger partial charge is 0.246 e. The van der Waals surface area contributed by atoms with Crippen molar-refractivity contribution in [2.75, 3.05) is 19.0 Å². The maximum absolute atomic E-state index is 13.1. The van der Waals surface area contributed by atoms with E-state index >= 15 is 0 Å². The Morgan fingerprint density at radius 1 is 0.966 bits per heavy atom. The molecule has 150 valence electrons. The monoisotopic (exact) mass is 388 g/mol. The molecule has 2 N–H and O–H groups in total. The number of hydrogen-bond acceptors (Lipinski definition) is 3. The first-order valence-electron chi connectivity index (χ1n) is 9.87. The Morgan fingerprint density at radius 3 is 2.45 bits per heavy atom. The molecule has 4 nitrogen and oxygen atoms in total. The molecule has 0 aromatic heterocycles. The molecule has 29 heavy (non-hydrogen) atoms. The van der Waals surface area contributed by atoms with Crippen molar-refractivity contribution < 1.29 is 9.53 Å². The van der Waals surface area contributed by atoms with E-state index in [1.165, 1.54) is 0 Å². The Morgan fingerprint density at radius 2 is 1.69 bits per heavy atom. The van der Waals surface area contributed by atoms with Gasteiger partial charge in [0.1, 0.15) is 11.8 Å². The summed E-state index contributed by atoms with van der Waals surface area (Å²) in [6.07, 6.45) is 0.768. The zero-order chi connectivity index (χ0) is 20.6. The van der Waals surface area contributed by atoms with Crippen LogP contribution in [0.1, 0.15) is 28.3 Å². The van der Waals surface area contributed by atoms with E-state index in [2.05, 4.69) is 10.6 Å². The molecule has 1 atom stereocenters. The second-order valence-corrected chi connectivity index (χ2v) is 7.17. The van der Waals surface area contributed by atoms with Crippen LogP contribution in [0.2, 0.25) is 0 Å². The summed E-state index contributed by atoms with van der Waals surface area (Å²) in [7, 11) is 1.68. The summed E-state index contributed by atoms with van der Waals surface area (Å²) in [6, 6.07) is 23.4. The first-order valence-corrected chi connectivity index (χ1v) is 9.87. The van der Waals surface area contributed by atoms with Gasteiger partial charge in [0.15, 0.2) is 0 Å². The van der Waals surface area contributed by atoms with Crippen LogP contribution < -0.4 is 15.4 Å². The highest BCUT2D eigenvalue weighted by Gasteiger charge is 2.20. The maximum atomic E-state index is 13.1. The highest BCUT2D eigenvalue weighted by atomic mass is 16.5. The fraction of sp³-hybridized carbons (Fsp3) is 0.240. The van der Waals surface area contributed by atoms with Crippen LogP contribution in [0.5, 0.6) is 5.75 Å². The topological polar surface area (TPSA) is 50.4 Å². The first-order chi connectivity index (χ1) is 14.1. The minimum Gasteiger partial charge on any atom is -0.496 e. The Hall–Kier alpha value is -3.11. The Balaban J connectivity index is 1.74. The molecule has 0 radical (unpaired) electrons. The maximum Gasteiger partial charge on any atom is 0.246 e. The van der Waals surface area contributed by atoms with Gasteiger partial charge in [0.05, 0.1) is 7.11 Å². The van der Waals surface area contributed by atoms with Gasteiger partial charge in [-0.3, -0.25) is 4.79 Å². The van der Waals surface area contributed by atoms with Crippen molar-refractivity contribution in [3.8, 4) is 5.75 Å². The lowest BCUT2D eigenvalue weighted by atomic mass is 10.0. The number of hydrogen-bond donors (Lipinski definition) is 2. The molecule has 0 aliphatic carbocycles. The quantitative estimate of drug-likeness (QED) is 0.581. The Labute approximate surface area is 172 Å². The van der Waals surface area contributed by atoms with E-state index in [-0.39, 0.29) is 5.91 Å². The summed E-state index contributed by atoms with van der Waals surface area (Å²) in [4.78, 5) is 13.1. The molecule has 0 fully saturated rings. The standard InChI is InChI=1S/C25H28N2O2/c1-18-13-14-19(2)22(17-18)27-25(28)24(21-10-5-4-6-11-21)26-16-15-20-9-7-8-12-23(20)29-3/h4-14,17,24,26H,15-16H2,1-3H3,(H,27,28)/t24-/m1/s1. The van der Waals surface area contributed by atoms with Crippen molar-refractivity contribution in [2.24, 2.45) is 0 Å². The molecule has 0 heterocycles. The van der Waals surface area contributed by atoms with Crippen LogP contribution >= 0.6 is 0 Å². The number of nitrogens with one attached hydrogen (secondary N) is 2. The molecule has 0 aliphatic heterocycles. The van der Waals surface area contributed by atoms with Gasteiger partial charge in [0.25, 0.3) is 0 Å². The van der Waals surface area contributed by atoms with E-state index in [0.29, 0.717) is 6.54 Å². The lowest BCUT2D eigenvalue weighted by Gasteiger charge is -2.20. The van der Waals surface area contributed by atoms with Gasteiger partial charge in [-0.1, -0.05) is 60.7 Å². The minimum absolute atomic E-state index is 0.0649. The molecule has 0 spiro atoms. The number of ether oxygens (including phenoxy) is 1. The third-order valence-corrected chi connectivity index (χ3v) is 4.98. The zero-order valence-electron chi connectivity index (χ0n) is 17.2. The Kier molecular flexibility index (Phi) is 7.04. The van der Waals surface area contributed by atoms with Gasteiger partial charge in [-0.2, -0.15) is 0 Å². The van der Waals surface area contributed by atoms with Crippen molar-refractivity contribution in [2.45, 2.75) is 26.3 Å². The molecular weight excluding hydrogens is 360 g/mol. The molecule has 0 bridgehead atoms. The lowest BCUT2D eigenvalue weighted by molar-refractivity contribution is -0.118. The number of benzene rings is 3. The summed E-state index contributed by atoms with van der Waals surface area (Å²) in [6.45, 7) is 4.68. The van der Waals surface area contributed by atoms with E-state index in [9.17, 15) is 4.79 Å². The molecular formula is C25H28N2O2. The van der Waals surface area contributed by atoms with Gasteiger partial charge < -0.3 is 15.4 Å². The molecule has 1 amide bonds. The van der Waals surface area contributed by atoms with Crippen molar-refractivity contribution in [1.29, 1.82) is 0 Å². The highest BCUT2D eigenvalue weighted by Crippen LogP contribution is 2.21. The predicted octanol–water partition coefficient (Wildman–Crippen LogP) is 4.82. The predicted molar refractivity (Wildman–Crippen MR) is 118 cm³/mol. The summed E-state index contributed by atoms with van der Waals surface area (Å²) in [5.41, 5.74) is 5.07. The summed E-state index contributed by atoms with van der Waals surface area (Å²) < 4.78 is 5.43. The van der Waals surface area contributed by atoms with Gasteiger partial charge in [0, 0.05) is 12.2 Å². The Bertz CT molecular complexity index is 954. The largest absolute Gasteiger partial charge is 0.496 e. The van der Waals surface area contributed by atoms with E-state index in [0.717, 1.165) is 40.1 Å². The van der Waals surface area contributed by atoms with Crippen LogP contribution in [0.25, 0.3) is 0 Å². The van der Waals surface area contributed by atoms with Crippen LogP contribution in [-0.4, -0.2) is 19.6 Å². The molecule has 4 heteroatoms. The number of carbonyl (C=O) groups is 1. The number of para-hydroxylation sites is 1. The van der Waals surface area contributed by atoms with Crippen molar-refractivity contribution in [3.63, 3.8) is 0 Å². The SMILES string of the molecule is COc1ccccc1CCN[C@@H](C(=O)Nc1cc(C)ccc1C)c1ccccc1. The van der Waals surface area contributed by atoms with Gasteiger partial charge in [0.2, 0.25) is 5.91 Å². The molecule has 3 aromatic carbocycles. The number of aryl methyl sites for hydroxylation is 2. The fourth-order valence-corrected chi connectivity index (χ4v) is 3.34. The molecule has 3 aromatic rings. The summed E-state index contributed by atoms with van der Waals surface area (Å²) >= 11 is 0. The normalized spacial score (nSPS) is 11.7. The highest BCUT2D eigenvalue weighted by molar-refractivity contribution is 5.96. The second kappa shape index (κ2) is 9.89. The number of rotatable bonds is 8. The third-order valence-electron chi connectivity index (χ3n) is 4.98. The van der Waals surface area contributed by atoms with Crippen molar-refractivity contribution in [1.82, 2.24) is 5.32 Å². The van der Waals surface area contributed by atoms with Crippen LogP contribution in [0.15, 0.2) is 72.8 Å². The average Bonchev–Trinajstić information content (AvgIpc) is 2.74. The van der Waals surface area contributed by atoms with Crippen LogP contribution in [0.4, 0.5) is 5.69 Å². The average molecular weight is 389 g/mol. The second-order valence-electron chi connectivity index (χ2n) is 7.17. The zero-order valence-corrected chi connectivity index (χ0v) is 17.2. The first kappa shape index (κ1) is 20.6.